The molecule has 5 nitrogen and oxygen atoms in total. The zero-order valence-electron chi connectivity index (χ0n) is 11.2. The molecule has 0 radical (unpaired) electrons. The second-order valence-electron chi connectivity index (χ2n) is 4.54. The van der Waals surface area contributed by atoms with Crippen LogP contribution in [0.2, 0.25) is 0 Å². The number of carbonyl (C=O) groups excluding carboxylic acids is 1. The van der Waals surface area contributed by atoms with E-state index in [-0.39, 0.29) is 12.0 Å². The van der Waals surface area contributed by atoms with Gasteiger partial charge in [0.25, 0.3) is 0 Å². The first kappa shape index (κ1) is 13.3. The van der Waals surface area contributed by atoms with Crippen molar-refractivity contribution in [1.82, 2.24) is 4.98 Å². The van der Waals surface area contributed by atoms with E-state index in [1.54, 1.807) is 19.2 Å². The van der Waals surface area contributed by atoms with Crippen LogP contribution in [0.1, 0.15) is 30.9 Å². The van der Waals surface area contributed by atoms with Gasteiger partial charge in [0.05, 0.1) is 12.2 Å². The Morgan fingerprint density at radius 3 is 3.16 bits per heavy atom. The Labute approximate surface area is 112 Å². The zero-order chi connectivity index (χ0) is 13.8. The van der Waals surface area contributed by atoms with Crippen molar-refractivity contribution < 1.29 is 9.53 Å². The molecule has 2 heterocycles. The lowest BCUT2D eigenvalue weighted by atomic mass is 10.1. The molecule has 1 unspecified atom stereocenters. The van der Waals surface area contributed by atoms with E-state index in [0.717, 1.165) is 24.9 Å². The van der Waals surface area contributed by atoms with E-state index in [0.29, 0.717) is 18.0 Å². The lowest BCUT2D eigenvalue weighted by Crippen LogP contribution is -2.38. The molecule has 19 heavy (non-hydrogen) atoms. The lowest BCUT2D eigenvalue weighted by Gasteiger charge is -2.25. The Morgan fingerprint density at radius 1 is 1.68 bits per heavy atom. The Hall–Kier alpha value is -2.09. The first-order valence-electron chi connectivity index (χ1n) is 6.48. The minimum Gasteiger partial charge on any atom is -0.464 e. The number of hydrogen-bond donors (Lipinski definition) is 0. The summed E-state index contributed by atoms with van der Waals surface area (Å²) in [5.74, 6) is 0.366. The minimum atomic E-state index is -0.318. The highest BCUT2D eigenvalue weighted by atomic mass is 16.5. The molecule has 1 aromatic heterocycles. The van der Waals surface area contributed by atoms with Crippen LogP contribution < -0.4 is 4.90 Å². The van der Waals surface area contributed by atoms with Crippen LogP contribution >= 0.6 is 0 Å². The molecule has 0 spiro atoms. The summed E-state index contributed by atoms with van der Waals surface area (Å²) in [7, 11) is 0. The standard InChI is InChI=1S/C14H17N3O2/c1-3-19-14(18)12-5-4-8-17(12)13-11(9-15)10(2)6-7-16-13/h6-7,12H,3-5,8H2,1-2H3. The van der Waals surface area contributed by atoms with Crippen molar-refractivity contribution in [2.75, 3.05) is 18.1 Å². The first-order chi connectivity index (χ1) is 9.19. The van der Waals surface area contributed by atoms with Gasteiger partial charge in [-0.05, 0) is 38.3 Å². The monoisotopic (exact) mass is 259 g/mol. The average Bonchev–Trinajstić information content (AvgIpc) is 2.87. The third-order valence-corrected chi connectivity index (χ3v) is 3.33. The summed E-state index contributed by atoms with van der Waals surface area (Å²) in [5, 5.41) is 9.25. The number of nitriles is 1. The van der Waals surface area contributed by atoms with Crippen LogP contribution in [-0.2, 0) is 9.53 Å². The molecule has 1 aliphatic heterocycles. The molecule has 1 aromatic rings. The number of hydrogen-bond acceptors (Lipinski definition) is 5. The maximum atomic E-state index is 11.9. The van der Waals surface area contributed by atoms with Crippen molar-refractivity contribution in [2.45, 2.75) is 32.7 Å². The van der Waals surface area contributed by atoms with Crippen LogP contribution in [0.5, 0.6) is 0 Å². The molecule has 0 saturated carbocycles. The smallest absolute Gasteiger partial charge is 0.328 e. The maximum absolute atomic E-state index is 11.9. The van der Waals surface area contributed by atoms with Crippen LogP contribution in [0.3, 0.4) is 0 Å². The Balaban J connectivity index is 2.33. The third kappa shape index (κ3) is 2.53. The lowest BCUT2D eigenvalue weighted by molar-refractivity contribution is -0.144. The van der Waals surface area contributed by atoms with E-state index >= 15 is 0 Å². The summed E-state index contributed by atoms with van der Waals surface area (Å²) < 4.78 is 5.09. The predicted octanol–water partition coefficient (Wildman–Crippen LogP) is 1.79. The van der Waals surface area contributed by atoms with E-state index in [2.05, 4.69) is 11.1 Å². The van der Waals surface area contributed by atoms with Gasteiger partial charge in [0.15, 0.2) is 0 Å². The van der Waals surface area contributed by atoms with Crippen LogP contribution in [-0.4, -0.2) is 30.1 Å². The van der Waals surface area contributed by atoms with Crippen molar-refractivity contribution >= 4 is 11.8 Å². The van der Waals surface area contributed by atoms with Gasteiger partial charge in [-0.25, -0.2) is 9.78 Å². The predicted molar refractivity (Wildman–Crippen MR) is 70.7 cm³/mol. The molecule has 5 heteroatoms. The first-order valence-corrected chi connectivity index (χ1v) is 6.48. The van der Waals surface area contributed by atoms with Gasteiger partial charge < -0.3 is 9.64 Å². The van der Waals surface area contributed by atoms with Crippen molar-refractivity contribution in [3.8, 4) is 6.07 Å². The van der Waals surface area contributed by atoms with Gasteiger partial charge in [-0.3, -0.25) is 0 Å². The number of pyridine rings is 1. The summed E-state index contributed by atoms with van der Waals surface area (Å²) in [6.45, 7) is 4.77. The van der Waals surface area contributed by atoms with E-state index in [4.69, 9.17) is 4.74 Å². The number of aromatic nitrogens is 1. The van der Waals surface area contributed by atoms with Crippen LogP contribution in [0.4, 0.5) is 5.82 Å². The molecule has 0 aromatic carbocycles. The zero-order valence-corrected chi connectivity index (χ0v) is 11.2. The van der Waals surface area contributed by atoms with E-state index in [9.17, 15) is 10.1 Å². The van der Waals surface area contributed by atoms with Gasteiger partial charge in [0.1, 0.15) is 17.9 Å². The molecular formula is C14H17N3O2. The van der Waals surface area contributed by atoms with Crippen LogP contribution in [0, 0.1) is 18.3 Å². The molecule has 1 aliphatic rings. The number of nitrogens with zero attached hydrogens (tertiary/aromatic N) is 3. The van der Waals surface area contributed by atoms with Gasteiger partial charge in [0, 0.05) is 12.7 Å². The number of carbonyl (C=O) groups is 1. The minimum absolute atomic E-state index is 0.229. The van der Waals surface area contributed by atoms with Crippen molar-refractivity contribution in [1.29, 1.82) is 5.26 Å². The number of rotatable bonds is 3. The number of esters is 1. The molecule has 0 amide bonds. The molecule has 1 saturated heterocycles. The van der Waals surface area contributed by atoms with E-state index in [1.807, 2.05) is 11.8 Å². The fourth-order valence-electron chi connectivity index (χ4n) is 2.40. The summed E-state index contributed by atoms with van der Waals surface area (Å²) in [4.78, 5) is 18.1. The van der Waals surface area contributed by atoms with Gasteiger partial charge in [-0.15, -0.1) is 0 Å². The molecule has 1 fully saturated rings. The highest BCUT2D eigenvalue weighted by Gasteiger charge is 2.34. The van der Waals surface area contributed by atoms with E-state index in [1.165, 1.54) is 0 Å². The van der Waals surface area contributed by atoms with Crippen molar-refractivity contribution in [3.05, 3.63) is 23.4 Å². The molecule has 0 aliphatic carbocycles. The summed E-state index contributed by atoms with van der Waals surface area (Å²) in [6.07, 6.45) is 3.33. The maximum Gasteiger partial charge on any atom is 0.328 e. The summed E-state index contributed by atoms with van der Waals surface area (Å²) in [6, 6.07) is 3.66. The largest absolute Gasteiger partial charge is 0.464 e. The number of aryl methyl sites for hydroxylation is 1. The normalized spacial score (nSPS) is 18.2. The Bertz CT molecular complexity index is 522. The number of anilines is 1. The average molecular weight is 259 g/mol. The van der Waals surface area contributed by atoms with Crippen LogP contribution in [0.15, 0.2) is 12.3 Å². The third-order valence-electron chi connectivity index (χ3n) is 3.33. The van der Waals surface area contributed by atoms with Gasteiger partial charge in [0.2, 0.25) is 0 Å². The summed E-state index contributed by atoms with van der Waals surface area (Å²) in [5.41, 5.74) is 1.42. The second kappa shape index (κ2) is 5.70. The Morgan fingerprint density at radius 2 is 2.47 bits per heavy atom. The molecule has 0 N–H and O–H groups in total. The fraction of sp³-hybridized carbons (Fsp3) is 0.500. The molecule has 2 rings (SSSR count). The molecular weight excluding hydrogens is 242 g/mol. The quantitative estimate of drug-likeness (QED) is 0.774. The van der Waals surface area contributed by atoms with Gasteiger partial charge >= 0.3 is 5.97 Å². The Kier molecular flexibility index (Phi) is 4.00. The van der Waals surface area contributed by atoms with Crippen LogP contribution in [0.25, 0.3) is 0 Å². The van der Waals surface area contributed by atoms with Gasteiger partial charge in [-0.1, -0.05) is 0 Å². The molecule has 0 bridgehead atoms. The van der Waals surface area contributed by atoms with Crippen molar-refractivity contribution in [3.63, 3.8) is 0 Å². The summed E-state index contributed by atoms with van der Waals surface area (Å²) >= 11 is 0. The molecule has 100 valence electrons. The second-order valence-corrected chi connectivity index (χ2v) is 4.54. The van der Waals surface area contributed by atoms with Crippen molar-refractivity contribution in [2.24, 2.45) is 0 Å². The molecule has 1 atom stereocenters. The highest BCUT2D eigenvalue weighted by Crippen LogP contribution is 2.28. The highest BCUT2D eigenvalue weighted by molar-refractivity contribution is 5.81. The topological polar surface area (TPSA) is 66.2 Å². The number of ether oxygens (including phenoxy) is 1. The fourth-order valence-corrected chi connectivity index (χ4v) is 2.40. The van der Waals surface area contributed by atoms with E-state index < -0.39 is 0 Å². The van der Waals surface area contributed by atoms with Gasteiger partial charge in [-0.2, -0.15) is 5.26 Å². The SMILES string of the molecule is CCOC(=O)C1CCCN1c1nccc(C)c1C#N.